The molecule has 2 heterocycles. The van der Waals surface area contributed by atoms with Crippen molar-refractivity contribution < 1.29 is 83.0 Å². The Balaban J connectivity index is 1.47. The number of halogens is 4. The van der Waals surface area contributed by atoms with Crippen LogP contribution in [-0.4, -0.2) is 110 Å². The number of esters is 1. The van der Waals surface area contributed by atoms with Gasteiger partial charge in [0.25, 0.3) is 30.4 Å². The minimum absolute atomic E-state index is 0.00833. The largest absolute Gasteiger partial charge is 0.420 e. The van der Waals surface area contributed by atoms with Crippen LogP contribution in [0.1, 0.15) is 76.3 Å². The van der Waals surface area contributed by atoms with Crippen molar-refractivity contribution in [2.24, 2.45) is 0 Å². The van der Waals surface area contributed by atoms with Crippen molar-refractivity contribution in [2.45, 2.75) is 85.8 Å². The number of anilines is 1. The van der Waals surface area contributed by atoms with Crippen molar-refractivity contribution in [3.8, 4) is 5.75 Å². The fourth-order valence-electron chi connectivity index (χ4n) is 8.99. The van der Waals surface area contributed by atoms with Gasteiger partial charge in [0.15, 0.2) is 28.4 Å². The number of methoxy groups -OCH3 is 1. The van der Waals surface area contributed by atoms with E-state index in [2.05, 4.69) is 8.92 Å². The van der Waals surface area contributed by atoms with Gasteiger partial charge in [-0.1, -0.05) is 30.4 Å². The minimum Gasteiger partial charge on any atom is -0.420 e. The van der Waals surface area contributed by atoms with E-state index in [0.717, 1.165) is 31.2 Å². The maximum atomic E-state index is 14.1. The van der Waals surface area contributed by atoms with Crippen LogP contribution < -0.4 is 9.64 Å². The Hall–Kier alpha value is -4.92. The second-order valence-electron chi connectivity index (χ2n) is 17.4. The predicted molar refractivity (Wildman–Crippen MR) is 266 cm³/mol. The first-order valence-corrected chi connectivity index (χ1v) is 28.5. The van der Waals surface area contributed by atoms with Crippen molar-refractivity contribution in [3.63, 3.8) is 0 Å². The molecule has 0 aliphatic carbocycles. The molecule has 24 heteroatoms. The van der Waals surface area contributed by atoms with Gasteiger partial charge in [-0.15, -0.1) is 0 Å². The maximum Gasteiger partial charge on any atom is 0.311 e. The number of fused-ring (bicyclic) bond motifs is 2. The first kappa shape index (κ1) is 59.0. The summed E-state index contributed by atoms with van der Waals surface area (Å²) < 4.78 is 180. The second kappa shape index (κ2) is 25.1. The van der Waals surface area contributed by atoms with Crippen LogP contribution in [0.15, 0.2) is 100 Å². The summed E-state index contributed by atoms with van der Waals surface area (Å²) in [6.07, 6.45) is 14.2. The van der Waals surface area contributed by atoms with E-state index >= 15 is 0 Å². The maximum absolute atomic E-state index is 14.1. The van der Waals surface area contributed by atoms with Gasteiger partial charge in [0.05, 0.1) is 48.9 Å². The van der Waals surface area contributed by atoms with E-state index in [9.17, 15) is 56.4 Å². The fourth-order valence-corrected chi connectivity index (χ4v) is 11.4. The monoisotopic (exact) mass is 1100 g/mol. The van der Waals surface area contributed by atoms with E-state index in [4.69, 9.17) is 13.1 Å². The third-order valence-corrected chi connectivity index (χ3v) is 17.2. The summed E-state index contributed by atoms with van der Waals surface area (Å²) in [4.78, 5) is 14.1. The van der Waals surface area contributed by atoms with Crippen molar-refractivity contribution in [1.29, 1.82) is 0 Å². The SMILES string of the molecule is COCCN1/C(=C/C=C/C=C/C=C/C2=[N+](CCCCCC(=O)Oc3c(F)c(F)cc(F)c3F)c3ccc(S(=O)(=O)O)cc3C2(C)CCCS(=O)(=O)OC)C(C)(CCCS(=O)OC)c2cc(S(=O)(=O)OC)ccc21. The van der Waals surface area contributed by atoms with E-state index in [0.29, 0.717) is 55.8 Å². The lowest BCUT2D eigenvalue weighted by molar-refractivity contribution is -0.438. The normalized spacial score (nSPS) is 19.3. The molecule has 73 heavy (non-hydrogen) atoms. The van der Waals surface area contributed by atoms with E-state index in [1.54, 1.807) is 49.6 Å². The molecule has 0 aromatic heterocycles. The number of benzene rings is 3. The van der Waals surface area contributed by atoms with Crippen LogP contribution >= 0.6 is 0 Å². The summed E-state index contributed by atoms with van der Waals surface area (Å²) in [7, 11) is -7.57. The highest BCUT2D eigenvalue weighted by atomic mass is 32.2. The number of allylic oxidation sites excluding steroid dienone is 8. The van der Waals surface area contributed by atoms with Crippen molar-refractivity contribution in [2.75, 3.05) is 64.5 Å². The zero-order valence-electron chi connectivity index (χ0n) is 41.1. The molecule has 0 saturated heterocycles. The van der Waals surface area contributed by atoms with Crippen LogP contribution in [0, 0.1) is 23.3 Å². The highest BCUT2D eigenvalue weighted by Crippen LogP contribution is 2.51. The summed E-state index contributed by atoms with van der Waals surface area (Å²) >= 11 is -1.52. The van der Waals surface area contributed by atoms with Gasteiger partial charge < -0.3 is 14.4 Å². The third kappa shape index (κ3) is 14.1. The van der Waals surface area contributed by atoms with E-state index in [1.807, 2.05) is 35.5 Å². The van der Waals surface area contributed by atoms with Gasteiger partial charge in [0, 0.05) is 72.8 Å². The van der Waals surface area contributed by atoms with Crippen LogP contribution in [0.25, 0.3) is 0 Å². The van der Waals surface area contributed by atoms with Crippen LogP contribution in [0.5, 0.6) is 5.75 Å². The molecular weight excluding hydrogens is 1040 g/mol. The molecule has 0 fully saturated rings. The highest BCUT2D eigenvalue weighted by Gasteiger charge is 2.48. The average Bonchev–Trinajstić information content (AvgIpc) is 3.72. The molecular formula is C49H59F4N2O14S4+. The van der Waals surface area contributed by atoms with Crippen molar-refractivity contribution in [3.05, 3.63) is 125 Å². The molecule has 400 valence electrons. The number of hydrogen-bond donors (Lipinski definition) is 1. The molecule has 0 saturated carbocycles. The molecule has 3 aromatic carbocycles. The number of ether oxygens (including phenoxy) is 2. The van der Waals surface area contributed by atoms with Crippen molar-refractivity contribution >= 4 is 64.5 Å². The quantitative estimate of drug-likeness (QED) is 0.00879. The zero-order chi connectivity index (χ0) is 53.9. The lowest BCUT2D eigenvalue weighted by Gasteiger charge is -2.30. The number of carbonyl (C=O) groups is 1. The summed E-state index contributed by atoms with van der Waals surface area (Å²) in [5, 5.41) is 0. The van der Waals surface area contributed by atoms with Crippen LogP contribution in [0.2, 0.25) is 0 Å². The zero-order valence-corrected chi connectivity index (χ0v) is 44.3. The van der Waals surface area contributed by atoms with Gasteiger partial charge in [0.2, 0.25) is 23.1 Å². The Bertz CT molecular complexity index is 3040. The molecule has 0 radical (unpaired) electrons. The molecule has 3 atom stereocenters. The molecule has 3 unspecified atom stereocenters. The van der Waals surface area contributed by atoms with Crippen molar-refractivity contribution in [1.82, 2.24) is 0 Å². The van der Waals surface area contributed by atoms with E-state index < -0.39 is 87.3 Å². The highest BCUT2D eigenvalue weighted by molar-refractivity contribution is 7.87. The van der Waals surface area contributed by atoms with Crippen LogP contribution in [0.3, 0.4) is 0 Å². The Morgan fingerprint density at radius 3 is 2.05 bits per heavy atom. The molecule has 5 rings (SSSR count). The Morgan fingerprint density at radius 2 is 1.41 bits per heavy atom. The number of hydrogen-bond acceptors (Lipinski definition) is 14. The predicted octanol–water partition coefficient (Wildman–Crippen LogP) is 8.17. The van der Waals surface area contributed by atoms with E-state index in [1.165, 1.54) is 31.4 Å². The van der Waals surface area contributed by atoms with E-state index in [-0.39, 0.29) is 59.6 Å². The first-order chi connectivity index (χ1) is 34.4. The van der Waals surface area contributed by atoms with Gasteiger partial charge in [-0.25, -0.2) is 13.0 Å². The summed E-state index contributed by atoms with van der Waals surface area (Å²) in [6, 6.07) is 8.87. The fraction of sp³-hybridized carbons (Fsp3) is 0.429. The Kier molecular flexibility index (Phi) is 20.3. The lowest BCUT2D eigenvalue weighted by Crippen LogP contribution is -2.32. The molecule has 0 bridgehead atoms. The van der Waals surface area contributed by atoms with Gasteiger partial charge in [-0.3, -0.25) is 21.9 Å². The second-order valence-corrected chi connectivity index (χ2v) is 23.7. The lowest BCUT2D eigenvalue weighted by atomic mass is 9.76. The third-order valence-electron chi connectivity index (χ3n) is 12.7. The molecule has 2 aliphatic heterocycles. The number of rotatable bonds is 27. The summed E-state index contributed by atoms with van der Waals surface area (Å²) in [5.74, 6) is -9.90. The molecule has 0 amide bonds. The number of nitrogens with zero attached hydrogens (tertiary/aromatic N) is 2. The topological polar surface area (TPSA) is 209 Å². The molecule has 0 spiro atoms. The molecule has 2 aliphatic rings. The standard InChI is InChI=1S/C49H58F4N2O14S4/c1-48(24-15-29-70(57)66-4)37-32-35(73(63,64)68-6)21-23-41(37)55(27-28-65-3)43(48)18-12-9-7-8-11-17-42-49(2,25-16-30-71(58,59)67-5)36-31-34(72(60,61)62)20-22-40(36)54(42)26-14-10-13-19-44(56)69-47-45(52)38(50)33-39(51)46(47)53/h7-9,11-12,17-18,20-23,31-33H,10,13-16,19,24-30H2,1-6H3/p+1. The van der Waals surface area contributed by atoms with Gasteiger partial charge in [-0.05, 0) is 94.3 Å². The molecule has 16 nitrogen and oxygen atoms in total. The Morgan fingerprint density at radius 1 is 0.767 bits per heavy atom. The summed E-state index contributed by atoms with van der Waals surface area (Å²) in [5.41, 5.74) is 2.15. The first-order valence-electron chi connectivity index (χ1n) is 22.8. The van der Waals surface area contributed by atoms with Crippen LogP contribution in [-0.2, 0) is 74.3 Å². The number of unbranched alkanes of at least 4 members (excludes halogenated alkanes) is 2. The Labute approximate surface area is 426 Å². The smallest absolute Gasteiger partial charge is 0.311 e. The van der Waals surface area contributed by atoms with Gasteiger partial charge >= 0.3 is 5.97 Å². The molecule has 1 N–H and O–H groups in total. The van der Waals surface area contributed by atoms with Crippen LogP contribution in [0.4, 0.5) is 28.9 Å². The van der Waals surface area contributed by atoms with Gasteiger partial charge in [0.1, 0.15) is 6.54 Å². The number of carbonyl (C=O) groups excluding carboxylic acids is 1. The van der Waals surface area contributed by atoms with Gasteiger partial charge in [-0.2, -0.15) is 38.6 Å². The summed E-state index contributed by atoms with van der Waals surface area (Å²) in [6.45, 7) is 4.81. The average molecular weight is 1100 g/mol. The molecule has 3 aromatic rings. The minimum atomic E-state index is -4.68.